The number of carbonyl (C=O) groups is 3. The van der Waals surface area contributed by atoms with Gasteiger partial charge >= 0.3 is 0 Å². The van der Waals surface area contributed by atoms with Crippen LogP contribution in [0, 0.1) is 0 Å². The van der Waals surface area contributed by atoms with Crippen molar-refractivity contribution in [1.82, 2.24) is 5.32 Å². The van der Waals surface area contributed by atoms with Gasteiger partial charge in [0.15, 0.2) is 0 Å². The van der Waals surface area contributed by atoms with Crippen molar-refractivity contribution in [2.45, 2.75) is 25.7 Å². The number of anilines is 1. The predicted molar refractivity (Wildman–Crippen MR) is 86.7 cm³/mol. The molecule has 0 aliphatic rings. The summed E-state index contributed by atoms with van der Waals surface area (Å²) in [4.78, 5) is 33.7. The second-order valence-corrected chi connectivity index (χ2v) is 5.05. The Morgan fingerprint density at radius 2 is 1.74 bits per heavy atom. The number of rotatable bonds is 10. The zero-order valence-electron chi connectivity index (χ0n) is 13.3. The Balaban J connectivity index is 2.32. The van der Waals surface area contributed by atoms with Crippen LogP contribution in [0.1, 0.15) is 24.8 Å². The van der Waals surface area contributed by atoms with Gasteiger partial charge in [0.2, 0.25) is 17.7 Å². The van der Waals surface area contributed by atoms with Crippen LogP contribution < -0.4 is 16.4 Å². The fourth-order valence-corrected chi connectivity index (χ4v) is 1.84. The first kappa shape index (κ1) is 18.6. The van der Waals surface area contributed by atoms with E-state index in [0.717, 1.165) is 5.56 Å². The molecule has 1 aromatic rings. The molecule has 0 heterocycles. The third kappa shape index (κ3) is 8.57. The molecular weight excluding hydrogens is 298 g/mol. The number of benzene rings is 1. The van der Waals surface area contributed by atoms with Crippen LogP contribution in [0.4, 0.5) is 5.69 Å². The van der Waals surface area contributed by atoms with E-state index in [-0.39, 0.29) is 24.8 Å². The lowest BCUT2D eigenvalue weighted by atomic mass is 10.1. The van der Waals surface area contributed by atoms with Crippen molar-refractivity contribution in [2.75, 3.05) is 25.6 Å². The average molecular weight is 321 g/mol. The highest BCUT2D eigenvalue weighted by Gasteiger charge is 2.04. The number of amides is 3. The van der Waals surface area contributed by atoms with Crippen molar-refractivity contribution in [2.24, 2.45) is 5.73 Å². The second-order valence-electron chi connectivity index (χ2n) is 5.05. The second kappa shape index (κ2) is 10.3. The van der Waals surface area contributed by atoms with Gasteiger partial charge in [0.25, 0.3) is 0 Å². The lowest BCUT2D eigenvalue weighted by Gasteiger charge is -2.07. The average Bonchev–Trinajstić information content (AvgIpc) is 2.52. The van der Waals surface area contributed by atoms with E-state index in [4.69, 9.17) is 10.5 Å². The molecule has 23 heavy (non-hydrogen) atoms. The molecular formula is C16H23N3O4. The fraction of sp³-hybridized carbons (Fsp3) is 0.438. The molecule has 0 spiro atoms. The van der Waals surface area contributed by atoms with Crippen LogP contribution >= 0.6 is 0 Å². The van der Waals surface area contributed by atoms with Gasteiger partial charge in [-0.1, -0.05) is 12.1 Å². The summed E-state index contributed by atoms with van der Waals surface area (Å²) in [7, 11) is 1.55. The summed E-state index contributed by atoms with van der Waals surface area (Å²) in [5.74, 6) is -0.662. The highest BCUT2D eigenvalue weighted by molar-refractivity contribution is 5.90. The molecule has 7 nitrogen and oxygen atoms in total. The Morgan fingerprint density at radius 3 is 2.35 bits per heavy atom. The molecule has 3 amide bonds. The molecule has 0 atom stereocenters. The van der Waals surface area contributed by atoms with Gasteiger partial charge < -0.3 is 21.1 Å². The van der Waals surface area contributed by atoms with Crippen LogP contribution in [0.5, 0.6) is 0 Å². The number of nitrogens with two attached hydrogens (primary N) is 1. The molecule has 0 bridgehead atoms. The van der Waals surface area contributed by atoms with Gasteiger partial charge in [-0.2, -0.15) is 0 Å². The summed E-state index contributed by atoms with van der Waals surface area (Å²) in [6, 6.07) is 7.32. The van der Waals surface area contributed by atoms with Gasteiger partial charge in [0, 0.05) is 32.2 Å². The van der Waals surface area contributed by atoms with E-state index in [1.807, 2.05) is 12.1 Å². The molecule has 0 radical (unpaired) electrons. The molecule has 7 heteroatoms. The van der Waals surface area contributed by atoms with Crippen molar-refractivity contribution < 1.29 is 19.1 Å². The van der Waals surface area contributed by atoms with Crippen molar-refractivity contribution in [3.05, 3.63) is 29.8 Å². The number of nitrogens with one attached hydrogen (secondary N) is 2. The van der Waals surface area contributed by atoms with E-state index in [1.165, 1.54) is 0 Å². The lowest BCUT2D eigenvalue weighted by Crippen LogP contribution is -2.27. The molecule has 0 aliphatic carbocycles. The number of ether oxygens (including phenoxy) is 1. The Bertz CT molecular complexity index is 529. The predicted octanol–water partition coefficient (Wildman–Crippen LogP) is 0.586. The van der Waals surface area contributed by atoms with Gasteiger partial charge in [0.05, 0.1) is 13.0 Å². The van der Waals surface area contributed by atoms with E-state index in [2.05, 4.69) is 10.6 Å². The molecule has 1 aromatic carbocycles. The zero-order chi connectivity index (χ0) is 17.1. The van der Waals surface area contributed by atoms with E-state index < -0.39 is 5.91 Å². The molecule has 0 aliphatic heterocycles. The highest BCUT2D eigenvalue weighted by Crippen LogP contribution is 2.11. The quantitative estimate of drug-likeness (QED) is 0.585. The van der Waals surface area contributed by atoms with Crippen LogP contribution in [0.2, 0.25) is 0 Å². The Labute approximate surface area is 135 Å². The zero-order valence-corrected chi connectivity index (χ0v) is 13.3. The molecule has 0 aromatic heterocycles. The molecule has 0 saturated carbocycles. The number of aryl methyl sites for hydroxylation is 1. The maximum Gasteiger partial charge on any atom is 0.226 e. The number of methoxy groups -OCH3 is 1. The third-order valence-corrected chi connectivity index (χ3v) is 3.11. The minimum absolute atomic E-state index is 0.103. The molecule has 4 N–H and O–H groups in total. The molecule has 126 valence electrons. The van der Waals surface area contributed by atoms with Crippen molar-refractivity contribution in [1.29, 1.82) is 0 Å². The normalized spacial score (nSPS) is 10.1. The summed E-state index contributed by atoms with van der Waals surface area (Å²) in [5, 5.41) is 5.40. The summed E-state index contributed by atoms with van der Waals surface area (Å²) < 4.78 is 4.84. The van der Waals surface area contributed by atoms with Gasteiger partial charge in [0.1, 0.15) is 0 Å². The largest absolute Gasteiger partial charge is 0.384 e. The van der Waals surface area contributed by atoms with Crippen molar-refractivity contribution in [3.8, 4) is 0 Å². The number of hydrogen-bond acceptors (Lipinski definition) is 4. The van der Waals surface area contributed by atoms with Gasteiger partial charge in [-0.3, -0.25) is 14.4 Å². The summed E-state index contributed by atoms with van der Waals surface area (Å²) in [6.07, 6.45) is 1.37. The Morgan fingerprint density at radius 1 is 1.04 bits per heavy atom. The number of carbonyl (C=O) groups excluding carboxylic acids is 3. The highest BCUT2D eigenvalue weighted by atomic mass is 16.5. The van der Waals surface area contributed by atoms with Crippen LogP contribution in [0.3, 0.4) is 0 Å². The topological polar surface area (TPSA) is 111 Å². The first-order valence-electron chi connectivity index (χ1n) is 7.44. The van der Waals surface area contributed by atoms with Gasteiger partial charge in [-0.15, -0.1) is 0 Å². The maximum absolute atomic E-state index is 11.6. The van der Waals surface area contributed by atoms with E-state index in [1.54, 1.807) is 19.2 Å². The molecule has 0 fully saturated rings. The minimum atomic E-state index is -0.437. The van der Waals surface area contributed by atoms with Crippen LogP contribution in [0.15, 0.2) is 24.3 Å². The van der Waals surface area contributed by atoms with E-state index >= 15 is 0 Å². The van der Waals surface area contributed by atoms with Crippen molar-refractivity contribution >= 4 is 23.4 Å². The van der Waals surface area contributed by atoms with E-state index in [9.17, 15) is 14.4 Å². The first-order valence-corrected chi connectivity index (χ1v) is 7.44. The molecule has 1 rings (SSSR count). The van der Waals surface area contributed by atoms with E-state index in [0.29, 0.717) is 31.6 Å². The summed E-state index contributed by atoms with van der Waals surface area (Å²) >= 11 is 0. The number of hydrogen-bond donors (Lipinski definition) is 3. The van der Waals surface area contributed by atoms with Crippen LogP contribution in [-0.2, 0) is 25.5 Å². The fourth-order valence-electron chi connectivity index (χ4n) is 1.84. The molecule has 0 unspecified atom stereocenters. The van der Waals surface area contributed by atoms with Gasteiger partial charge in [-0.05, 0) is 24.1 Å². The van der Waals surface area contributed by atoms with Crippen LogP contribution in [-0.4, -0.2) is 38.0 Å². The van der Waals surface area contributed by atoms with Crippen molar-refractivity contribution in [3.63, 3.8) is 0 Å². The monoisotopic (exact) mass is 321 g/mol. The summed E-state index contributed by atoms with van der Waals surface area (Å²) in [5.41, 5.74) is 6.69. The smallest absolute Gasteiger partial charge is 0.226 e. The lowest BCUT2D eigenvalue weighted by molar-refractivity contribution is -0.121. The summed E-state index contributed by atoms with van der Waals surface area (Å²) in [6.45, 7) is 0.648. The standard InChI is InChI=1S/C16H23N3O4/c1-23-11-9-16(22)19-13-5-2-12(3-6-13)4-7-15(21)18-10-8-14(17)20/h2-3,5-6H,4,7-11H2,1H3,(H2,17,20)(H,18,21)(H,19,22). The first-order chi connectivity index (χ1) is 11.0. The molecule has 0 saturated heterocycles. The third-order valence-electron chi connectivity index (χ3n) is 3.11. The SMILES string of the molecule is COCCC(=O)Nc1ccc(CCC(=O)NCCC(N)=O)cc1. The minimum Gasteiger partial charge on any atom is -0.384 e. The van der Waals surface area contributed by atoms with Gasteiger partial charge in [-0.25, -0.2) is 0 Å². The number of primary amides is 1. The maximum atomic E-state index is 11.6. The Kier molecular flexibility index (Phi) is 8.38. The van der Waals surface area contributed by atoms with Crippen LogP contribution in [0.25, 0.3) is 0 Å². The Hall–Kier alpha value is -2.41.